The van der Waals surface area contributed by atoms with Gasteiger partial charge in [-0.05, 0) is 36.1 Å². The summed E-state index contributed by atoms with van der Waals surface area (Å²) in [5.74, 6) is -1.37. The summed E-state index contributed by atoms with van der Waals surface area (Å²) in [6.45, 7) is 5.27. The van der Waals surface area contributed by atoms with Gasteiger partial charge in [0.15, 0.2) is 0 Å². The highest BCUT2D eigenvalue weighted by molar-refractivity contribution is 5.91. The smallest absolute Gasteiger partial charge is 0.243 e. The molecule has 2 aromatic rings. The molecule has 6 heteroatoms. The Hall–Kier alpha value is -3.15. The van der Waals surface area contributed by atoms with Crippen molar-refractivity contribution < 1.29 is 14.4 Å². The Balaban J connectivity index is 2.17. The molecular weight excluding hydrogens is 354 g/mol. The molecule has 0 aliphatic carbocycles. The van der Waals surface area contributed by atoms with Crippen LogP contribution in [0, 0.1) is 13.8 Å². The number of nitrogens with one attached hydrogen (secondary N) is 2. The zero-order chi connectivity index (χ0) is 20.7. The molecule has 148 valence electrons. The van der Waals surface area contributed by atoms with E-state index in [1.54, 1.807) is 0 Å². The summed E-state index contributed by atoms with van der Waals surface area (Å²) in [4.78, 5) is 36.4. The molecule has 0 aromatic heterocycles. The molecule has 3 amide bonds. The number of aryl methyl sites for hydroxylation is 2. The van der Waals surface area contributed by atoms with Gasteiger partial charge in [0.25, 0.3) is 0 Å². The minimum atomic E-state index is -0.862. The lowest BCUT2D eigenvalue weighted by molar-refractivity contribution is -0.130. The lowest BCUT2D eigenvalue weighted by Gasteiger charge is -2.23. The number of rotatable bonds is 8. The number of benzene rings is 2. The van der Waals surface area contributed by atoms with Gasteiger partial charge in [-0.2, -0.15) is 0 Å². The van der Waals surface area contributed by atoms with E-state index in [0.29, 0.717) is 12.8 Å². The Labute approximate surface area is 165 Å². The van der Waals surface area contributed by atoms with E-state index >= 15 is 0 Å². The average Bonchev–Trinajstić information content (AvgIpc) is 2.63. The minimum Gasteiger partial charge on any atom is -0.368 e. The Morgan fingerprint density at radius 2 is 1.46 bits per heavy atom. The lowest BCUT2D eigenvalue weighted by Crippen LogP contribution is -2.54. The van der Waals surface area contributed by atoms with Crippen molar-refractivity contribution in [2.45, 2.75) is 45.7 Å². The molecule has 2 aromatic carbocycles. The molecule has 2 rings (SSSR count). The Bertz CT molecular complexity index is 829. The third kappa shape index (κ3) is 5.94. The zero-order valence-electron chi connectivity index (χ0n) is 16.5. The van der Waals surface area contributed by atoms with E-state index in [-0.39, 0.29) is 5.91 Å². The second-order valence-electron chi connectivity index (χ2n) is 6.98. The van der Waals surface area contributed by atoms with E-state index in [1.807, 2.05) is 62.4 Å². The number of carbonyl (C=O) groups excluding carboxylic acids is 3. The van der Waals surface area contributed by atoms with Crippen LogP contribution in [0.4, 0.5) is 0 Å². The SMILES string of the molecule is CC(=O)N[C@@H](Cc1ccccc1)C(=O)N[C@H](Cc1c(C)cccc1C)C(N)=O. The number of hydrogen-bond acceptors (Lipinski definition) is 3. The number of hydrogen-bond donors (Lipinski definition) is 3. The summed E-state index contributed by atoms with van der Waals surface area (Å²) in [5.41, 5.74) is 9.49. The first kappa shape index (κ1) is 21.2. The summed E-state index contributed by atoms with van der Waals surface area (Å²) in [6, 6.07) is 13.6. The Morgan fingerprint density at radius 3 is 2.00 bits per heavy atom. The van der Waals surface area contributed by atoms with E-state index < -0.39 is 23.9 Å². The maximum atomic E-state index is 12.8. The summed E-state index contributed by atoms with van der Waals surface area (Å²) < 4.78 is 0. The normalized spacial score (nSPS) is 12.7. The second-order valence-corrected chi connectivity index (χ2v) is 6.98. The van der Waals surface area contributed by atoms with Crippen LogP contribution >= 0.6 is 0 Å². The lowest BCUT2D eigenvalue weighted by atomic mass is 9.95. The van der Waals surface area contributed by atoms with Crippen molar-refractivity contribution in [3.05, 3.63) is 70.8 Å². The van der Waals surface area contributed by atoms with Gasteiger partial charge >= 0.3 is 0 Å². The molecule has 0 heterocycles. The van der Waals surface area contributed by atoms with Crippen molar-refractivity contribution in [1.29, 1.82) is 0 Å². The Morgan fingerprint density at radius 1 is 0.857 bits per heavy atom. The third-order valence-electron chi connectivity index (χ3n) is 4.69. The molecule has 0 aliphatic heterocycles. The van der Waals surface area contributed by atoms with Crippen LogP contribution in [0.5, 0.6) is 0 Å². The topological polar surface area (TPSA) is 101 Å². The van der Waals surface area contributed by atoms with Gasteiger partial charge in [-0.25, -0.2) is 0 Å². The van der Waals surface area contributed by atoms with Crippen LogP contribution in [-0.4, -0.2) is 29.8 Å². The van der Waals surface area contributed by atoms with Gasteiger partial charge in [-0.15, -0.1) is 0 Å². The summed E-state index contributed by atoms with van der Waals surface area (Å²) >= 11 is 0. The molecule has 6 nitrogen and oxygen atoms in total. The van der Waals surface area contributed by atoms with Crippen molar-refractivity contribution in [3.8, 4) is 0 Å². The van der Waals surface area contributed by atoms with Crippen molar-refractivity contribution >= 4 is 17.7 Å². The highest BCUT2D eigenvalue weighted by Crippen LogP contribution is 2.15. The molecule has 0 spiro atoms. The number of primary amides is 1. The quantitative estimate of drug-likeness (QED) is 0.647. The summed E-state index contributed by atoms with van der Waals surface area (Å²) in [7, 11) is 0. The predicted molar refractivity (Wildman–Crippen MR) is 108 cm³/mol. The van der Waals surface area contributed by atoms with Crippen LogP contribution < -0.4 is 16.4 Å². The highest BCUT2D eigenvalue weighted by Gasteiger charge is 2.26. The molecule has 0 aliphatic rings. The molecule has 0 bridgehead atoms. The third-order valence-corrected chi connectivity index (χ3v) is 4.69. The fourth-order valence-electron chi connectivity index (χ4n) is 3.17. The molecule has 4 N–H and O–H groups in total. The number of carbonyl (C=O) groups is 3. The monoisotopic (exact) mass is 381 g/mol. The maximum absolute atomic E-state index is 12.8. The van der Waals surface area contributed by atoms with Crippen molar-refractivity contribution in [1.82, 2.24) is 10.6 Å². The van der Waals surface area contributed by atoms with Gasteiger partial charge in [0.2, 0.25) is 17.7 Å². The average molecular weight is 381 g/mol. The van der Waals surface area contributed by atoms with Gasteiger partial charge in [0.1, 0.15) is 12.1 Å². The fraction of sp³-hybridized carbons (Fsp3) is 0.318. The first-order valence-corrected chi connectivity index (χ1v) is 9.23. The zero-order valence-corrected chi connectivity index (χ0v) is 16.5. The molecular formula is C22H27N3O3. The number of nitrogens with two attached hydrogens (primary N) is 1. The number of amides is 3. The van der Waals surface area contributed by atoms with Crippen LogP contribution in [0.2, 0.25) is 0 Å². The van der Waals surface area contributed by atoms with Gasteiger partial charge in [0, 0.05) is 19.8 Å². The van der Waals surface area contributed by atoms with E-state index in [9.17, 15) is 14.4 Å². The molecule has 0 saturated heterocycles. The van der Waals surface area contributed by atoms with Crippen LogP contribution in [-0.2, 0) is 27.2 Å². The molecule has 2 atom stereocenters. The minimum absolute atomic E-state index is 0.303. The highest BCUT2D eigenvalue weighted by atomic mass is 16.2. The first-order valence-electron chi connectivity index (χ1n) is 9.23. The van der Waals surface area contributed by atoms with Crippen molar-refractivity contribution in [3.63, 3.8) is 0 Å². The second kappa shape index (κ2) is 9.69. The van der Waals surface area contributed by atoms with Gasteiger partial charge in [-0.1, -0.05) is 48.5 Å². The maximum Gasteiger partial charge on any atom is 0.243 e. The van der Waals surface area contributed by atoms with Gasteiger partial charge < -0.3 is 16.4 Å². The molecule has 0 radical (unpaired) electrons. The predicted octanol–water partition coefficient (Wildman–Crippen LogP) is 1.56. The van der Waals surface area contributed by atoms with Crippen LogP contribution in [0.25, 0.3) is 0 Å². The summed E-state index contributed by atoms with van der Waals surface area (Å²) in [5, 5.41) is 5.37. The molecule has 0 fully saturated rings. The van der Waals surface area contributed by atoms with Gasteiger partial charge in [-0.3, -0.25) is 14.4 Å². The Kier molecular flexibility index (Phi) is 7.32. The molecule has 0 unspecified atom stereocenters. The standard InChI is InChI=1S/C22H27N3O3/c1-14-8-7-9-15(2)18(14)13-19(21(23)27)25-22(28)20(24-16(3)26)12-17-10-5-4-6-11-17/h4-11,19-20H,12-13H2,1-3H3,(H2,23,27)(H,24,26)(H,25,28)/t19-,20+/m1/s1. The van der Waals surface area contributed by atoms with Crippen LogP contribution in [0.3, 0.4) is 0 Å². The molecule has 28 heavy (non-hydrogen) atoms. The first-order chi connectivity index (χ1) is 13.3. The largest absolute Gasteiger partial charge is 0.368 e. The van der Waals surface area contributed by atoms with E-state index in [2.05, 4.69) is 10.6 Å². The molecule has 0 saturated carbocycles. The fourth-order valence-corrected chi connectivity index (χ4v) is 3.17. The van der Waals surface area contributed by atoms with Crippen LogP contribution in [0.1, 0.15) is 29.2 Å². The summed E-state index contributed by atoms with van der Waals surface area (Å²) in [6.07, 6.45) is 0.624. The van der Waals surface area contributed by atoms with Crippen molar-refractivity contribution in [2.24, 2.45) is 5.73 Å². The van der Waals surface area contributed by atoms with E-state index in [1.165, 1.54) is 6.92 Å². The van der Waals surface area contributed by atoms with E-state index in [0.717, 1.165) is 22.3 Å². The van der Waals surface area contributed by atoms with Crippen molar-refractivity contribution in [2.75, 3.05) is 0 Å². The van der Waals surface area contributed by atoms with Gasteiger partial charge in [0.05, 0.1) is 0 Å². The van der Waals surface area contributed by atoms with Crippen LogP contribution in [0.15, 0.2) is 48.5 Å². The van der Waals surface area contributed by atoms with E-state index in [4.69, 9.17) is 5.73 Å².